The zero-order valence-electron chi connectivity index (χ0n) is 64.6. The van der Waals surface area contributed by atoms with E-state index in [1.165, 1.54) is 165 Å². The predicted molar refractivity (Wildman–Crippen MR) is 509 cm³/mol. The Labute approximate surface area is 702 Å². The molecule has 8 nitrogen and oxygen atoms in total. The Hall–Kier alpha value is -14.9. The Bertz CT molecular complexity index is 8060. The molecule has 18 aromatic carbocycles. The van der Waals surface area contributed by atoms with E-state index in [2.05, 4.69) is 414 Å². The van der Waals surface area contributed by atoms with Crippen molar-refractivity contribution in [1.82, 2.24) is 27.8 Å². The fraction of sp³-hybridized carbons (Fsp3) is 0.0182. The maximum absolute atomic E-state index is 8.84. The van der Waals surface area contributed by atoms with Crippen LogP contribution in [0.2, 0.25) is 0 Å². The molecule has 25 rings (SSSR count). The average Bonchev–Trinajstić information content (AvgIpc) is 1.61. The van der Waals surface area contributed by atoms with Crippen LogP contribution in [0.3, 0.4) is 0 Å². The molecule has 0 bridgehead atoms. The normalized spacial score (nSPS) is 11.7. The second-order valence-electron chi connectivity index (χ2n) is 30.5. The number of fused-ring (bicyclic) bond motifs is 21. The minimum Gasteiger partial charge on any atom is -0.537 e. The van der Waals surface area contributed by atoms with Crippen LogP contribution in [-0.2, 0) is 6.42 Å². The van der Waals surface area contributed by atoms with Crippen molar-refractivity contribution >= 4 is 154 Å². The summed E-state index contributed by atoms with van der Waals surface area (Å²) in [5.41, 5.74) is 30.7. The maximum Gasteiger partial charge on any atom is 0.569 e. The number of hydrogen-bond donors (Lipinski definition) is 2. The van der Waals surface area contributed by atoms with Crippen LogP contribution < -0.4 is 4.65 Å². The molecule has 120 heavy (non-hydrogen) atoms. The van der Waals surface area contributed by atoms with Crippen molar-refractivity contribution in [3.63, 3.8) is 0 Å². The highest BCUT2D eigenvalue weighted by molar-refractivity contribution is 9.10. The van der Waals surface area contributed by atoms with E-state index in [0.29, 0.717) is 13.4 Å². The van der Waals surface area contributed by atoms with Gasteiger partial charge in [-0.2, -0.15) is 0 Å². The number of nitrogens with zero attached hydrogens (tertiary/aromatic N) is 5. The topological polar surface area (TPSA) is 69.9 Å². The fourth-order valence-corrected chi connectivity index (χ4v) is 18.8. The first kappa shape index (κ1) is 72.7. The zero-order valence-corrected chi connectivity index (χ0v) is 66.2. The van der Waals surface area contributed by atoms with Gasteiger partial charge in [-0.1, -0.05) is 266 Å². The summed E-state index contributed by atoms with van der Waals surface area (Å²) in [6, 6.07) is 149. The van der Waals surface area contributed by atoms with Gasteiger partial charge in [0.05, 0.1) is 55.2 Å². The summed E-state index contributed by atoms with van der Waals surface area (Å²) in [5.74, 6) is 0.617. The molecule has 24 aromatic rings. The third-order valence-electron chi connectivity index (χ3n) is 23.8. The molecule has 1 aliphatic carbocycles. The van der Waals surface area contributed by atoms with Crippen molar-refractivity contribution in [3.8, 4) is 67.6 Å². The lowest BCUT2D eigenvalue weighted by Gasteiger charge is -2.11. The molecule has 10 heteroatoms. The van der Waals surface area contributed by atoms with Crippen molar-refractivity contribution in [1.29, 1.82) is 0 Å². The van der Waals surface area contributed by atoms with Crippen LogP contribution in [0.15, 0.2) is 423 Å². The SMILES string of the molecule is Brc1ccc2c(c1)-c1ccccc1C2.C.O[B]Oc1ccc2c(c1)c1ccccc1n2-c1ccccc1.c1ccc(-n2c3ccccc3c3cc(-c4ccc5[nH]c6ccccc6c5c4)ccc32)cc1.c1ccc(-n2c3ccccc3c3cc(-c4ccc5c(c4)c4ccccc4n5-c4ccc5c6ccccc6n(-c6ccccc6)c5c4)ccc32)cc1. The molecule has 0 saturated heterocycles. The van der Waals surface area contributed by atoms with E-state index in [4.69, 9.17) is 9.68 Å². The van der Waals surface area contributed by atoms with Gasteiger partial charge >= 0.3 is 7.69 Å². The molecule has 1 aliphatic rings. The number of aromatic amines is 1. The van der Waals surface area contributed by atoms with E-state index in [9.17, 15) is 0 Å². The number of nitrogens with one attached hydrogen (secondary N) is 1. The number of benzene rings is 18. The maximum atomic E-state index is 8.84. The molecular formula is C110H77BBrN6O2. The second-order valence-corrected chi connectivity index (χ2v) is 31.4. The minimum absolute atomic E-state index is 0. The third kappa shape index (κ3) is 12.6. The molecule has 0 atom stereocenters. The van der Waals surface area contributed by atoms with Crippen LogP contribution in [0.25, 0.3) is 193 Å². The lowest BCUT2D eigenvalue weighted by molar-refractivity contribution is 0.454. The summed E-state index contributed by atoms with van der Waals surface area (Å²) in [6.07, 6.45) is 1.08. The molecule has 0 unspecified atom stereocenters. The second kappa shape index (κ2) is 30.6. The Kier molecular flexibility index (Phi) is 18.5. The van der Waals surface area contributed by atoms with Crippen LogP contribution in [0.4, 0.5) is 0 Å². The highest BCUT2D eigenvalue weighted by Gasteiger charge is 2.22. The van der Waals surface area contributed by atoms with Gasteiger partial charge < -0.3 is 37.5 Å². The zero-order chi connectivity index (χ0) is 79.0. The molecule has 6 heterocycles. The average molecular weight is 1610 g/mol. The predicted octanol–water partition coefficient (Wildman–Crippen LogP) is 29.1. The number of halogens is 1. The van der Waals surface area contributed by atoms with E-state index in [1.807, 2.05) is 48.5 Å². The standard InChI is InChI=1S/C48H31N3.C30H20N2.C18H13BNO2.C13H9Br.CH4/c1-3-13-34(14-4-1)49-44-21-11-8-18-38(44)41-29-32(23-27-46(41)49)33-24-28-47-42(30-33)39-19-9-12-22-45(39)51(47)36-25-26-40-37-17-7-10-20-43(37)50(48(40)31-36)35-15-5-2-6-16-35;1-2-8-22(9-3-1)32-29-13-7-5-11-24(29)26-19-21(15-17-30(26)32)20-14-16-28-25(18-20)23-10-4-6-12-27(23)31-28;21-19-22-14-10-11-18-16(12-14)15-8-4-5-9-17(15)20(18)13-6-2-1-3-7-13;14-11-6-5-10-7-9-3-1-2-4-12(9)13(10)8-11;/h1-31H;1-19,31H;1-12,21H;1-6,8H,7H2;1H4. The first-order valence-corrected chi connectivity index (χ1v) is 41.1. The van der Waals surface area contributed by atoms with Crippen LogP contribution >= 0.6 is 15.9 Å². The monoisotopic (exact) mass is 1600 g/mol. The summed E-state index contributed by atoms with van der Waals surface area (Å²) in [4.78, 5) is 3.53. The first-order valence-electron chi connectivity index (χ1n) is 40.3. The van der Waals surface area contributed by atoms with E-state index >= 15 is 0 Å². The van der Waals surface area contributed by atoms with Crippen molar-refractivity contribution in [2.75, 3.05) is 0 Å². The smallest absolute Gasteiger partial charge is 0.537 e. The van der Waals surface area contributed by atoms with Crippen LogP contribution in [0.5, 0.6) is 5.75 Å². The Morgan fingerprint density at radius 1 is 0.242 bits per heavy atom. The summed E-state index contributed by atoms with van der Waals surface area (Å²) in [6.45, 7) is 0. The first-order chi connectivity index (χ1) is 58.9. The van der Waals surface area contributed by atoms with E-state index in [-0.39, 0.29) is 7.43 Å². The number of rotatable bonds is 9. The summed E-state index contributed by atoms with van der Waals surface area (Å²) in [5, 5.41) is 23.7. The van der Waals surface area contributed by atoms with E-state index in [0.717, 1.165) is 49.8 Å². The van der Waals surface area contributed by atoms with Gasteiger partial charge in [-0.05, 0) is 227 Å². The van der Waals surface area contributed by atoms with Crippen molar-refractivity contribution in [2.45, 2.75) is 13.8 Å². The van der Waals surface area contributed by atoms with Crippen LogP contribution in [0.1, 0.15) is 18.6 Å². The Balaban J connectivity index is 0.000000110. The molecule has 0 fully saturated rings. The molecule has 2 N–H and O–H groups in total. The van der Waals surface area contributed by atoms with Gasteiger partial charge in [-0.3, -0.25) is 0 Å². The number of hydrogen-bond acceptors (Lipinski definition) is 2. The number of aromatic nitrogens is 6. The highest BCUT2D eigenvalue weighted by atomic mass is 79.9. The fourth-order valence-electron chi connectivity index (χ4n) is 18.5. The van der Waals surface area contributed by atoms with Gasteiger partial charge in [0, 0.05) is 109 Å². The molecule has 6 aromatic heterocycles. The van der Waals surface area contributed by atoms with Gasteiger partial charge in [0.1, 0.15) is 5.75 Å². The van der Waals surface area contributed by atoms with Crippen molar-refractivity contribution in [3.05, 3.63) is 434 Å². The van der Waals surface area contributed by atoms with E-state index in [1.54, 1.807) is 0 Å². The summed E-state index contributed by atoms with van der Waals surface area (Å²) >= 11 is 3.52. The molecule has 1 radical (unpaired) electrons. The Morgan fingerprint density at radius 2 is 0.575 bits per heavy atom. The molecular weight excluding hydrogens is 1530 g/mol. The van der Waals surface area contributed by atoms with Crippen molar-refractivity contribution < 1.29 is 9.68 Å². The molecule has 569 valence electrons. The highest BCUT2D eigenvalue weighted by Crippen LogP contribution is 2.44. The number of H-pyrrole nitrogens is 1. The molecule has 0 spiro atoms. The van der Waals surface area contributed by atoms with Gasteiger partial charge in [-0.15, -0.1) is 0 Å². The largest absolute Gasteiger partial charge is 0.569 e. The quantitative estimate of drug-likeness (QED) is 0.141. The molecule has 0 amide bonds. The molecule has 0 saturated carbocycles. The van der Waals surface area contributed by atoms with E-state index < -0.39 is 0 Å². The van der Waals surface area contributed by atoms with Crippen LogP contribution in [0, 0.1) is 0 Å². The Morgan fingerprint density at radius 3 is 1.04 bits per heavy atom. The van der Waals surface area contributed by atoms with Crippen LogP contribution in [-0.4, -0.2) is 40.5 Å². The lowest BCUT2D eigenvalue weighted by atomic mass is 10.0. The summed E-state index contributed by atoms with van der Waals surface area (Å²) in [7, 11) is 0.706. The molecule has 0 aliphatic heterocycles. The minimum atomic E-state index is 0. The number of para-hydroxylation sites is 10. The van der Waals surface area contributed by atoms with Gasteiger partial charge in [-0.25, -0.2) is 0 Å². The lowest BCUT2D eigenvalue weighted by Crippen LogP contribution is -1.99. The van der Waals surface area contributed by atoms with Gasteiger partial charge in [0.25, 0.3) is 0 Å². The van der Waals surface area contributed by atoms with Crippen molar-refractivity contribution in [2.24, 2.45) is 0 Å². The third-order valence-corrected chi connectivity index (χ3v) is 24.3. The summed E-state index contributed by atoms with van der Waals surface area (Å²) < 4.78 is 18.0. The van der Waals surface area contributed by atoms with Gasteiger partial charge in [0.2, 0.25) is 0 Å². The van der Waals surface area contributed by atoms with Gasteiger partial charge in [0.15, 0.2) is 0 Å².